The third-order valence-corrected chi connectivity index (χ3v) is 5.57. The van der Waals surface area contributed by atoms with Crippen LogP contribution >= 0.6 is 0 Å². The Labute approximate surface area is 180 Å². The summed E-state index contributed by atoms with van der Waals surface area (Å²) >= 11 is 0. The summed E-state index contributed by atoms with van der Waals surface area (Å²) in [6, 6.07) is 11.6. The predicted octanol–water partition coefficient (Wildman–Crippen LogP) is 1.70. The molecule has 5 rings (SSSR count). The Morgan fingerprint density at radius 1 is 1.10 bits per heavy atom. The largest absolute Gasteiger partial charge is 0.482 e. The van der Waals surface area contributed by atoms with Crippen molar-refractivity contribution in [1.29, 1.82) is 0 Å². The molecule has 9 nitrogen and oxygen atoms in total. The van der Waals surface area contributed by atoms with E-state index in [1.54, 1.807) is 15.8 Å². The molecule has 9 heteroatoms. The lowest BCUT2D eigenvalue weighted by Gasteiger charge is -2.33. The molecule has 1 saturated heterocycles. The van der Waals surface area contributed by atoms with Gasteiger partial charge in [0, 0.05) is 31.9 Å². The van der Waals surface area contributed by atoms with Gasteiger partial charge in [0.05, 0.1) is 36.5 Å². The SMILES string of the molecule is Cc1cccc(-c2cnnn2-c2ccc3c(c2)N(CCN2CCOCC2)C(=O)CO3)n1. The van der Waals surface area contributed by atoms with Crippen molar-refractivity contribution < 1.29 is 14.3 Å². The highest BCUT2D eigenvalue weighted by molar-refractivity contribution is 5.98. The summed E-state index contributed by atoms with van der Waals surface area (Å²) in [4.78, 5) is 21.4. The number of anilines is 1. The number of carbonyl (C=O) groups is 1. The molecule has 0 saturated carbocycles. The number of aryl methyl sites for hydroxylation is 1. The minimum Gasteiger partial charge on any atom is -0.482 e. The van der Waals surface area contributed by atoms with E-state index in [9.17, 15) is 4.79 Å². The van der Waals surface area contributed by atoms with Crippen molar-refractivity contribution >= 4 is 11.6 Å². The molecule has 1 aromatic carbocycles. The molecule has 2 aliphatic heterocycles. The number of hydrogen-bond acceptors (Lipinski definition) is 7. The molecular formula is C22H24N6O3. The Balaban J connectivity index is 1.45. The van der Waals surface area contributed by atoms with Crippen LogP contribution in [-0.4, -0.2) is 76.8 Å². The van der Waals surface area contributed by atoms with Crippen LogP contribution in [0.1, 0.15) is 5.69 Å². The highest BCUT2D eigenvalue weighted by atomic mass is 16.5. The van der Waals surface area contributed by atoms with Crippen molar-refractivity contribution in [2.24, 2.45) is 0 Å². The molecule has 0 atom stereocenters. The normalized spacial score (nSPS) is 16.8. The maximum atomic E-state index is 12.7. The fourth-order valence-electron chi connectivity index (χ4n) is 3.92. The van der Waals surface area contributed by atoms with E-state index in [2.05, 4.69) is 20.2 Å². The Hall–Kier alpha value is -3.30. The maximum Gasteiger partial charge on any atom is 0.265 e. The first-order valence-electron chi connectivity index (χ1n) is 10.4. The summed E-state index contributed by atoms with van der Waals surface area (Å²) in [5.74, 6) is 0.651. The number of amides is 1. The molecule has 0 aliphatic carbocycles. The van der Waals surface area contributed by atoms with Crippen LogP contribution < -0.4 is 9.64 Å². The molecule has 4 heterocycles. The molecular weight excluding hydrogens is 396 g/mol. The molecule has 0 radical (unpaired) electrons. The Kier molecular flexibility index (Phi) is 5.35. The summed E-state index contributed by atoms with van der Waals surface area (Å²) < 4.78 is 12.8. The van der Waals surface area contributed by atoms with Gasteiger partial charge in [0.1, 0.15) is 11.4 Å². The highest BCUT2D eigenvalue weighted by Gasteiger charge is 2.27. The van der Waals surface area contributed by atoms with Crippen LogP contribution in [-0.2, 0) is 9.53 Å². The zero-order valence-electron chi connectivity index (χ0n) is 17.4. The lowest BCUT2D eigenvalue weighted by Crippen LogP contribution is -2.46. The van der Waals surface area contributed by atoms with Gasteiger partial charge < -0.3 is 14.4 Å². The second-order valence-corrected chi connectivity index (χ2v) is 7.64. The van der Waals surface area contributed by atoms with Crippen LogP contribution in [0.15, 0.2) is 42.6 Å². The second kappa shape index (κ2) is 8.44. The van der Waals surface area contributed by atoms with Gasteiger partial charge in [-0.2, -0.15) is 0 Å². The van der Waals surface area contributed by atoms with Crippen molar-refractivity contribution in [2.75, 3.05) is 50.9 Å². The third-order valence-electron chi connectivity index (χ3n) is 5.57. The van der Waals surface area contributed by atoms with Gasteiger partial charge in [0.25, 0.3) is 5.91 Å². The first kappa shape index (κ1) is 19.7. The fourth-order valence-corrected chi connectivity index (χ4v) is 3.92. The summed E-state index contributed by atoms with van der Waals surface area (Å²) in [5, 5.41) is 8.36. The number of fused-ring (bicyclic) bond motifs is 1. The Morgan fingerprint density at radius 3 is 2.81 bits per heavy atom. The van der Waals surface area contributed by atoms with Crippen LogP contribution in [0.3, 0.4) is 0 Å². The Morgan fingerprint density at radius 2 is 1.97 bits per heavy atom. The predicted molar refractivity (Wildman–Crippen MR) is 114 cm³/mol. The van der Waals surface area contributed by atoms with E-state index in [1.165, 1.54) is 0 Å². The molecule has 3 aromatic rings. The molecule has 1 fully saturated rings. The number of nitrogens with zero attached hydrogens (tertiary/aromatic N) is 6. The van der Waals surface area contributed by atoms with E-state index in [4.69, 9.17) is 9.47 Å². The second-order valence-electron chi connectivity index (χ2n) is 7.64. The van der Waals surface area contributed by atoms with Gasteiger partial charge in [-0.1, -0.05) is 11.3 Å². The average Bonchev–Trinajstić information content (AvgIpc) is 3.29. The molecule has 160 valence electrons. The summed E-state index contributed by atoms with van der Waals surface area (Å²) in [6.45, 7) is 6.64. The molecule has 0 N–H and O–H groups in total. The van der Waals surface area contributed by atoms with Gasteiger partial charge in [0.2, 0.25) is 0 Å². The maximum absolute atomic E-state index is 12.7. The number of morpholine rings is 1. The Bertz CT molecular complexity index is 1090. The fraction of sp³-hybridized carbons (Fsp3) is 0.364. The first-order chi connectivity index (χ1) is 15.2. The molecule has 0 bridgehead atoms. The van der Waals surface area contributed by atoms with E-state index in [0.717, 1.165) is 61.3 Å². The summed E-state index contributed by atoms with van der Waals surface area (Å²) in [6.07, 6.45) is 1.69. The monoisotopic (exact) mass is 420 g/mol. The van der Waals surface area contributed by atoms with Crippen LogP contribution in [0, 0.1) is 6.92 Å². The van der Waals surface area contributed by atoms with Gasteiger partial charge in [-0.25, -0.2) is 4.68 Å². The number of pyridine rings is 1. The highest BCUT2D eigenvalue weighted by Crippen LogP contribution is 2.34. The minimum absolute atomic E-state index is 0.0444. The number of carbonyl (C=O) groups excluding carboxylic acids is 1. The van der Waals surface area contributed by atoms with Crippen LogP contribution in [0.25, 0.3) is 17.1 Å². The molecule has 0 unspecified atom stereocenters. The van der Waals surface area contributed by atoms with Crippen molar-refractivity contribution in [3.8, 4) is 22.8 Å². The minimum atomic E-state index is -0.0444. The van der Waals surface area contributed by atoms with Crippen LogP contribution in [0.4, 0.5) is 5.69 Å². The summed E-state index contributed by atoms with van der Waals surface area (Å²) in [7, 11) is 0. The van der Waals surface area contributed by atoms with E-state index in [-0.39, 0.29) is 12.5 Å². The van der Waals surface area contributed by atoms with E-state index >= 15 is 0 Å². The number of rotatable bonds is 5. The van der Waals surface area contributed by atoms with Gasteiger partial charge >= 0.3 is 0 Å². The molecule has 0 spiro atoms. The zero-order valence-corrected chi connectivity index (χ0v) is 17.4. The molecule has 31 heavy (non-hydrogen) atoms. The van der Waals surface area contributed by atoms with Gasteiger partial charge in [-0.3, -0.25) is 14.7 Å². The van der Waals surface area contributed by atoms with Gasteiger partial charge in [0.15, 0.2) is 6.61 Å². The third kappa shape index (κ3) is 4.01. The van der Waals surface area contributed by atoms with Crippen molar-refractivity contribution in [2.45, 2.75) is 6.92 Å². The lowest BCUT2D eigenvalue weighted by molar-refractivity contribution is -0.121. The number of hydrogen-bond donors (Lipinski definition) is 0. The van der Waals surface area contributed by atoms with E-state index in [1.807, 2.05) is 43.3 Å². The number of ether oxygens (including phenoxy) is 2. The van der Waals surface area contributed by atoms with E-state index < -0.39 is 0 Å². The van der Waals surface area contributed by atoms with Crippen molar-refractivity contribution in [3.63, 3.8) is 0 Å². The van der Waals surface area contributed by atoms with Gasteiger partial charge in [-0.05, 0) is 37.3 Å². The summed E-state index contributed by atoms with van der Waals surface area (Å²) in [5.41, 5.74) is 4.04. The zero-order chi connectivity index (χ0) is 21.2. The van der Waals surface area contributed by atoms with Crippen molar-refractivity contribution in [1.82, 2.24) is 24.9 Å². The van der Waals surface area contributed by atoms with Gasteiger partial charge in [-0.15, -0.1) is 5.10 Å². The number of aromatic nitrogens is 4. The van der Waals surface area contributed by atoms with Crippen molar-refractivity contribution in [3.05, 3.63) is 48.3 Å². The first-order valence-corrected chi connectivity index (χ1v) is 10.4. The smallest absolute Gasteiger partial charge is 0.265 e. The topological polar surface area (TPSA) is 85.6 Å². The average molecular weight is 420 g/mol. The standard InChI is InChI=1S/C22H24N6O3/c1-16-3-2-4-18(24-16)20-14-23-25-28(20)17-5-6-21-19(13-17)27(22(29)15-31-21)8-7-26-9-11-30-12-10-26/h2-6,13-14H,7-12,15H2,1H3. The molecule has 2 aliphatic rings. The van der Waals surface area contributed by atoms with E-state index in [0.29, 0.717) is 12.3 Å². The van der Waals surface area contributed by atoms with Crippen LogP contribution in [0.5, 0.6) is 5.75 Å². The number of benzene rings is 1. The molecule has 2 aromatic heterocycles. The lowest BCUT2D eigenvalue weighted by atomic mass is 10.2. The van der Waals surface area contributed by atoms with Crippen LogP contribution in [0.2, 0.25) is 0 Å². The quantitative estimate of drug-likeness (QED) is 0.621. The molecule has 1 amide bonds.